The minimum absolute atomic E-state index is 0.188. The molecule has 0 aromatic heterocycles. The molecule has 7 rings (SSSR count). The van der Waals surface area contributed by atoms with Crippen LogP contribution in [0.25, 0.3) is 11.1 Å². The lowest BCUT2D eigenvalue weighted by atomic mass is 9.75. The molecule has 8 atom stereocenters. The first-order valence-corrected chi connectivity index (χ1v) is 22.8. The van der Waals surface area contributed by atoms with Gasteiger partial charge in [-0.3, -0.25) is 0 Å². The lowest BCUT2D eigenvalue weighted by Gasteiger charge is -2.47. The fourth-order valence-electron chi connectivity index (χ4n) is 11.9. The van der Waals surface area contributed by atoms with Crippen molar-refractivity contribution in [2.75, 3.05) is 0 Å². The minimum Gasteiger partial charge on any atom is -0.0808 e. The average molecular weight is 657 g/mol. The van der Waals surface area contributed by atoms with E-state index in [1.54, 1.807) is 22.3 Å². The van der Waals surface area contributed by atoms with Crippen LogP contribution < -0.4 is 0 Å². The van der Waals surface area contributed by atoms with Gasteiger partial charge >= 0.3 is 0 Å². The molecule has 0 radical (unpaired) electrons. The maximum absolute atomic E-state index is 2.87. The third-order valence-corrected chi connectivity index (χ3v) is 19.3. The highest BCUT2D eigenvalue weighted by molar-refractivity contribution is 6.80. The summed E-state index contributed by atoms with van der Waals surface area (Å²) in [5.74, 6) is 5.01. The number of fused-ring (bicyclic) bond motifs is 3. The number of benzene rings is 2. The molecule has 1 heteroatoms. The lowest BCUT2D eigenvalue weighted by Crippen LogP contribution is -2.46. The molecule has 3 saturated carbocycles. The monoisotopic (exact) mass is 656 g/mol. The Morgan fingerprint density at radius 3 is 1.90 bits per heavy atom. The summed E-state index contributed by atoms with van der Waals surface area (Å²) in [6.07, 6.45) is 17.1. The first-order chi connectivity index (χ1) is 22.6. The van der Waals surface area contributed by atoms with Crippen LogP contribution in [0.4, 0.5) is 0 Å². The molecule has 0 nitrogen and oxygen atoms in total. The minimum atomic E-state index is -1.76. The van der Waals surface area contributed by atoms with E-state index in [1.807, 2.05) is 0 Å². The highest BCUT2D eigenvalue weighted by atomic mass is 28.3. The molecule has 2 aromatic carbocycles. The van der Waals surface area contributed by atoms with Gasteiger partial charge in [0.15, 0.2) is 0 Å². The van der Waals surface area contributed by atoms with E-state index in [-0.39, 0.29) is 10.8 Å². The summed E-state index contributed by atoms with van der Waals surface area (Å²) < 4.78 is 0. The number of hydrogen-bond acceptors (Lipinski definition) is 0. The van der Waals surface area contributed by atoms with Crippen LogP contribution in [0.3, 0.4) is 0 Å². The first-order valence-electron chi connectivity index (χ1n) is 19.6. The molecule has 0 N–H and O–H groups in total. The molecule has 48 heavy (non-hydrogen) atoms. The Morgan fingerprint density at radius 2 is 1.31 bits per heavy atom. The third kappa shape index (κ3) is 5.73. The Hall–Kier alpha value is -2.38. The number of hydrogen-bond donors (Lipinski definition) is 0. The summed E-state index contributed by atoms with van der Waals surface area (Å²) in [4.78, 5) is 0. The smallest absolute Gasteiger partial charge is 0.0553 e. The Bertz CT molecular complexity index is 1640. The standard InChI is InChI=1S/C47H64Si/c1-29(2)39-28-40-36(31-18-22-34(23-19-31)46(4,5)6)15-13-17-38(40)45(39)48(10,11)44-30(3)26-41-42(44)27-33-14-12-16-37(33)43(41)32-20-24-35(25-21-32)47(7,8)9/h13,15,17-25,27,29-30,38-42,44-45H,12,14,16,26,28H2,1-11H3/t30?,38?,39?,40-,41+,42?,44?,45-/m0/s1. The predicted octanol–water partition coefficient (Wildman–Crippen LogP) is 13.4. The summed E-state index contributed by atoms with van der Waals surface area (Å²) in [6.45, 7) is 27.5. The van der Waals surface area contributed by atoms with Gasteiger partial charge in [-0.15, -0.1) is 0 Å². The molecule has 5 unspecified atom stereocenters. The van der Waals surface area contributed by atoms with E-state index in [0.717, 1.165) is 28.8 Å². The van der Waals surface area contributed by atoms with Crippen LogP contribution in [-0.4, -0.2) is 8.07 Å². The van der Waals surface area contributed by atoms with Crippen molar-refractivity contribution in [1.29, 1.82) is 0 Å². The first kappa shape index (κ1) is 34.1. The summed E-state index contributed by atoms with van der Waals surface area (Å²) in [5.41, 5.74) is 14.7. The Labute approximate surface area is 295 Å². The van der Waals surface area contributed by atoms with E-state index >= 15 is 0 Å². The second-order valence-corrected chi connectivity index (χ2v) is 24.7. The van der Waals surface area contributed by atoms with Crippen LogP contribution in [0, 0.1) is 41.4 Å². The maximum Gasteiger partial charge on any atom is 0.0553 e. The van der Waals surface area contributed by atoms with Crippen LogP contribution in [0.15, 0.2) is 84.0 Å². The Morgan fingerprint density at radius 1 is 0.708 bits per heavy atom. The summed E-state index contributed by atoms with van der Waals surface area (Å²) in [7, 11) is -1.76. The Balaban J connectivity index is 1.23. The molecule has 3 fully saturated rings. The largest absolute Gasteiger partial charge is 0.0808 e. The molecular formula is C47H64Si. The van der Waals surface area contributed by atoms with Crippen LogP contribution in [-0.2, 0) is 10.8 Å². The van der Waals surface area contributed by atoms with Crippen molar-refractivity contribution in [2.45, 2.75) is 129 Å². The van der Waals surface area contributed by atoms with Crippen molar-refractivity contribution < 1.29 is 0 Å². The van der Waals surface area contributed by atoms with Gasteiger partial charge in [0.05, 0.1) is 8.07 Å². The van der Waals surface area contributed by atoms with E-state index in [0.29, 0.717) is 23.7 Å². The van der Waals surface area contributed by atoms with E-state index in [9.17, 15) is 0 Å². The molecule has 0 saturated heterocycles. The highest BCUT2D eigenvalue weighted by Gasteiger charge is 2.59. The van der Waals surface area contributed by atoms with Gasteiger partial charge in [-0.1, -0.05) is 148 Å². The average Bonchev–Trinajstić information content (AvgIpc) is 3.74. The fraction of sp³-hybridized carbons (Fsp3) is 0.574. The molecular weight excluding hydrogens is 593 g/mol. The second-order valence-electron chi connectivity index (χ2n) is 19.7. The van der Waals surface area contributed by atoms with Gasteiger partial charge in [0.25, 0.3) is 0 Å². The predicted molar refractivity (Wildman–Crippen MR) is 212 cm³/mol. The zero-order valence-corrected chi connectivity index (χ0v) is 33.2. The molecule has 2 aromatic rings. The fourth-order valence-corrected chi connectivity index (χ4v) is 18.2. The molecule has 0 amide bonds. The van der Waals surface area contributed by atoms with Gasteiger partial charge in [-0.05, 0) is 140 Å². The van der Waals surface area contributed by atoms with Gasteiger partial charge < -0.3 is 0 Å². The molecule has 0 spiro atoms. The van der Waals surface area contributed by atoms with Crippen LogP contribution in [0.2, 0.25) is 24.2 Å². The van der Waals surface area contributed by atoms with Crippen molar-refractivity contribution >= 4 is 19.2 Å². The maximum atomic E-state index is 2.87. The van der Waals surface area contributed by atoms with E-state index in [1.165, 1.54) is 54.4 Å². The van der Waals surface area contributed by atoms with Crippen molar-refractivity contribution in [3.63, 3.8) is 0 Å². The van der Waals surface area contributed by atoms with E-state index in [4.69, 9.17) is 0 Å². The summed E-state index contributed by atoms with van der Waals surface area (Å²) >= 11 is 0. The van der Waals surface area contributed by atoms with Crippen molar-refractivity contribution in [1.82, 2.24) is 0 Å². The highest BCUT2D eigenvalue weighted by Crippen LogP contribution is 2.67. The van der Waals surface area contributed by atoms with Gasteiger partial charge in [0.2, 0.25) is 0 Å². The molecule has 0 heterocycles. The quantitative estimate of drug-likeness (QED) is 0.281. The molecule has 5 aliphatic rings. The van der Waals surface area contributed by atoms with Crippen LogP contribution in [0.5, 0.6) is 0 Å². The number of rotatable bonds is 5. The third-order valence-electron chi connectivity index (χ3n) is 14.1. The van der Waals surface area contributed by atoms with Crippen LogP contribution >= 0.6 is 0 Å². The van der Waals surface area contributed by atoms with Gasteiger partial charge in [0.1, 0.15) is 0 Å². The zero-order chi connectivity index (χ0) is 34.3. The normalized spacial score (nSPS) is 31.9. The zero-order valence-electron chi connectivity index (χ0n) is 32.2. The summed E-state index contributed by atoms with van der Waals surface area (Å²) in [5, 5.41) is 0. The molecule has 0 bridgehead atoms. The van der Waals surface area contributed by atoms with E-state index in [2.05, 4.69) is 148 Å². The van der Waals surface area contributed by atoms with Crippen molar-refractivity contribution in [2.24, 2.45) is 41.4 Å². The number of allylic oxidation sites excluding steroid dienone is 8. The van der Waals surface area contributed by atoms with Gasteiger partial charge in [-0.2, -0.15) is 0 Å². The van der Waals surface area contributed by atoms with Crippen LogP contribution in [0.1, 0.15) is 117 Å². The van der Waals surface area contributed by atoms with Gasteiger partial charge in [0, 0.05) is 0 Å². The van der Waals surface area contributed by atoms with Crippen molar-refractivity contribution in [3.05, 3.63) is 106 Å². The lowest BCUT2D eigenvalue weighted by molar-refractivity contribution is 0.372. The molecule has 256 valence electrons. The Kier molecular flexibility index (Phi) is 8.62. The molecule has 0 aliphatic heterocycles. The van der Waals surface area contributed by atoms with E-state index < -0.39 is 8.07 Å². The topological polar surface area (TPSA) is 0 Å². The van der Waals surface area contributed by atoms with Gasteiger partial charge in [-0.25, -0.2) is 0 Å². The summed E-state index contributed by atoms with van der Waals surface area (Å²) in [6, 6.07) is 19.5. The SMILES string of the molecule is CC(C)C1C[C@H]2C(c3ccc(C(C)(C)C)cc3)=CC=CC2[C@@H]1[Si](C)(C)C1C(C)C[C@H]2C(c3ccc(C(C)(C)C)cc3)=C3CCCC3=CC12. The second kappa shape index (κ2) is 12.1. The van der Waals surface area contributed by atoms with Crippen molar-refractivity contribution in [3.8, 4) is 0 Å². The molecule has 5 aliphatic carbocycles.